The van der Waals surface area contributed by atoms with E-state index in [1.54, 1.807) is 6.07 Å². The van der Waals surface area contributed by atoms with Crippen molar-refractivity contribution in [1.29, 1.82) is 0 Å². The molecule has 0 heterocycles. The van der Waals surface area contributed by atoms with Crippen LogP contribution in [0.2, 0.25) is 0 Å². The van der Waals surface area contributed by atoms with Crippen molar-refractivity contribution in [1.82, 2.24) is 0 Å². The van der Waals surface area contributed by atoms with Crippen molar-refractivity contribution in [2.24, 2.45) is 5.16 Å². The lowest BCUT2D eigenvalue weighted by atomic mass is 10.1. The Morgan fingerprint density at radius 3 is 2.67 bits per heavy atom. The summed E-state index contributed by atoms with van der Waals surface area (Å²) in [6.07, 6.45) is 7.70. The molecule has 1 aromatic rings. The van der Waals surface area contributed by atoms with Gasteiger partial charge in [-0.2, -0.15) is 0 Å². The molecule has 0 amide bonds. The first-order chi connectivity index (χ1) is 11.6. The first-order valence-electron chi connectivity index (χ1n) is 8.66. The van der Waals surface area contributed by atoms with Crippen molar-refractivity contribution >= 4 is 17.5 Å². The van der Waals surface area contributed by atoms with Crippen LogP contribution in [0.5, 0.6) is 5.75 Å². The summed E-state index contributed by atoms with van der Waals surface area (Å²) in [6, 6.07) is 5.44. The maximum Gasteiger partial charge on any atom is 0.331 e. The number of hydrogen-bond acceptors (Lipinski definition) is 5. The van der Waals surface area contributed by atoms with E-state index in [0.717, 1.165) is 17.7 Å². The molecule has 0 atom stereocenters. The van der Waals surface area contributed by atoms with E-state index >= 15 is 0 Å². The molecule has 2 rings (SSSR count). The number of ether oxygens (including phenoxy) is 1. The topological polar surface area (TPSA) is 65.0 Å². The highest BCUT2D eigenvalue weighted by atomic mass is 16.7. The number of nitrogens with zero attached hydrogens (tertiary/aromatic N) is 1. The molecule has 0 bridgehead atoms. The number of benzene rings is 1. The predicted octanol–water partition coefficient (Wildman–Crippen LogP) is 4.08. The summed E-state index contributed by atoms with van der Waals surface area (Å²) in [6.45, 7) is 4.15. The van der Waals surface area contributed by atoms with Gasteiger partial charge in [0.05, 0.1) is 6.61 Å². The smallest absolute Gasteiger partial charge is 0.331 e. The molecule has 130 valence electrons. The standard InChI is InChI=1S/C19H25NO4/c1-3-4-5-6-7-8-11-23-16-9-10-17-15(12-16)13-18(19(17)22)20-24-14(2)21/h9-10,12H,3-8,11,13H2,1-2H3/b20-18-. The van der Waals surface area contributed by atoms with Crippen molar-refractivity contribution in [2.45, 2.75) is 58.8 Å². The van der Waals surface area contributed by atoms with E-state index in [9.17, 15) is 9.59 Å². The largest absolute Gasteiger partial charge is 0.494 e. The van der Waals surface area contributed by atoms with Crippen LogP contribution in [0.1, 0.15) is 68.3 Å². The fourth-order valence-corrected chi connectivity index (χ4v) is 2.71. The Hall–Kier alpha value is -2.17. The average Bonchev–Trinajstić information content (AvgIpc) is 2.88. The Morgan fingerprint density at radius 2 is 1.92 bits per heavy atom. The normalized spacial score (nSPS) is 14.8. The third-order valence-electron chi connectivity index (χ3n) is 3.99. The number of hydrogen-bond donors (Lipinski definition) is 0. The Balaban J connectivity index is 1.83. The molecule has 0 spiro atoms. The molecule has 0 fully saturated rings. The molecular formula is C19H25NO4. The van der Waals surface area contributed by atoms with E-state index in [1.807, 2.05) is 12.1 Å². The monoisotopic (exact) mass is 331 g/mol. The van der Waals surface area contributed by atoms with Gasteiger partial charge in [0.2, 0.25) is 5.78 Å². The van der Waals surface area contributed by atoms with Crippen molar-refractivity contribution < 1.29 is 19.2 Å². The molecule has 0 aliphatic heterocycles. The average molecular weight is 331 g/mol. The zero-order chi connectivity index (χ0) is 17.4. The lowest BCUT2D eigenvalue weighted by Crippen LogP contribution is -2.09. The quantitative estimate of drug-likeness (QED) is 0.388. The number of oxime groups is 1. The second-order valence-corrected chi connectivity index (χ2v) is 6.06. The zero-order valence-electron chi connectivity index (χ0n) is 14.5. The van der Waals surface area contributed by atoms with Gasteiger partial charge in [0.15, 0.2) is 0 Å². The van der Waals surface area contributed by atoms with E-state index < -0.39 is 5.97 Å². The molecule has 1 aliphatic rings. The van der Waals surface area contributed by atoms with Crippen LogP contribution in [-0.4, -0.2) is 24.1 Å². The van der Waals surface area contributed by atoms with E-state index in [1.165, 1.54) is 39.0 Å². The number of rotatable bonds is 9. The number of carbonyl (C=O) groups is 2. The molecule has 0 saturated heterocycles. The summed E-state index contributed by atoms with van der Waals surface area (Å²) >= 11 is 0. The molecule has 0 radical (unpaired) electrons. The second kappa shape index (κ2) is 9.21. The van der Waals surface area contributed by atoms with E-state index in [-0.39, 0.29) is 11.5 Å². The van der Waals surface area contributed by atoms with Gasteiger partial charge in [-0.1, -0.05) is 44.2 Å². The molecule has 1 aliphatic carbocycles. The summed E-state index contributed by atoms with van der Waals surface area (Å²) < 4.78 is 5.77. The molecule has 5 heteroatoms. The van der Waals surface area contributed by atoms with Gasteiger partial charge in [-0.25, -0.2) is 4.79 Å². The summed E-state index contributed by atoms with van der Waals surface area (Å²) in [5.41, 5.74) is 1.73. The minimum Gasteiger partial charge on any atom is -0.494 e. The van der Waals surface area contributed by atoms with Gasteiger partial charge in [-0.15, -0.1) is 0 Å². The minimum atomic E-state index is -0.533. The predicted molar refractivity (Wildman–Crippen MR) is 92.5 cm³/mol. The van der Waals surface area contributed by atoms with Gasteiger partial charge in [0, 0.05) is 18.9 Å². The molecular weight excluding hydrogens is 306 g/mol. The Labute approximate surface area is 143 Å². The Kier molecular flexibility index (Phi) is 6.97. The highest BCUT2D eigenvalue weighted by Crippen LogP contribution is 2.25. The fourth-order valence-electron chi connectivity index (χ4n) is 2.71. The molecule has 5 nitrogen and oxygen atoms in total. The Bertz CT molecular complexity index is 622. The maximum absolute atomic E-state index is 12.1. The van der Waals surface area contributed by atoms with Crippen molar-refractivity contribution in [2.75, 3.05) is 6.61 Å². The summed E-state index contributed by atoms with van der Waals surface area (Å²) in [5, 5.41) is 3.64. The molecule has 0 unspecified atom stereocenters. The van der Waals surface area contributed by atoms with Gasteiger partial charge >= 0.3 is 5.97 Å². The number of Topliss-reactive ketones (excluding diaryl/α,β-unsaturated/α-hetero) is 1. The van der Waals surface area contributed by atoms with Gasteiger partial charge in [0.25, 0.3) is 0 Å². The van der Waals surface area contributed by atoms with Gasteiger partial charge in [-0.05, 0) is 30.2 Å². The van der Waals surface area contributed by atoms with Crippen LogP contribution in [-0.2, 0) is 16.1 Å². The molecule has 24 heavy (non-hydrogen) atoms. The van der Waals surface area contributed by atoms with Crippen LogP contribution in [0.15, 0.2) is 23.4 Å². The number of fused-ring (bicyclic) bond motifs is 1. The van der Waals surface area contributed by atoms with Crippen LogP contribution in [0, 0.1) is 0 Å². The molecule has 0 aromatic heterocycles. The van der Waals surface area contributed by atoms with Crippen molar-refractivity contribution in [3.63, 3.8) is 0 Å². The van der Waals surface area contributed by atoms with Crippen LogP contribution in [0.4, 0.5) is 0 Å². The van der Waals surface area contributed by atoms with E-state index in [4.69, 9.17) is 4.74 Å². The van der Waals surface area contributed by atoms with Crippen LogP contribution in [0.3, 0.4) is 0 Å². The molecule has 0 saturated carbocycles. The van der Waals surface area contributed by atoms with Crippen LogP contribution >= 0.6 is 0 Å². The summed E-state index contributed by atoms with van der Waals surface area (Å²) in [5.74, 6) is 0.0479. The zero-order valence-corrected chi connectivity index (χ0v) is 14.5. The van der Waals surface area contributed by atoms with Crippen LogP contribution < -0.4 is 4.74 Å². The lowest BCUT2D eigenvalue weighted by Gasteiger charge is -2.07. The highest BCUT2D eigenvalue weighted by molar-refractivity contribution is 6.49. The molecule has 0 N–H and O–H groups in total. The number of ketones is 1. The van der Waals surface area contributed by atoms with Crippen LogP contribution in [0.25, 0.3) is 0 Å². The third-order valence-corrected chi connectivity index (χ3v) is 3.99. The van der Waals surface area contributed by atoms with Gasteiger partial charge in [-0.3, -0.25) is 4.79 Å². The first kappa shape index (κ1) is 18.2. The first-order valence-corrected chi connectivity index (χ1v) is 8.66. The minimum absolute atomic E-state index is 0.186. The maximum atomic E-state index is 12.1. The number of carbonyl (C=O) groups excluding carboxylic acids is 2. The molecule has 1 aromatic carbocycles. The summed E-state index contributed by atoms with van der Waals surface area (Å²) in [4.78, 5) is 27.5. The second-order valence-electron chi connectivity index (χ2n) is 6.06. The van der Waals surface area contributed by atoms with E-state index in [2.05, 4.69) is 16.9 Å². The third kappa shape index (κ3) is 5.18. The van der Waals surface area contributed by atoms with Gasteiger partial charge < -0.3 is 9.57 Å². The van der Waals surface area contributed by atoms with Crippen molar-refractivity contribution in [3.05, 3.63) is 29.3 Å². The van der Waals surface area contributed by atoms with Crippen molar-refractivity contribution in [3.8, 4) is 5.75 Å². The SMILES string of the molecule is CCCCCCCCOc1ccc2c(c1)C/C(=N/OC(C)=O)C2=O. The number of unbranched alkanes of at least 4 members (excludes halogenated alkanes) is 5. The fraction of sp³-hybridized carbons (Fsp3) is 0.526. The van der Waals surface area contributed by atoms with E-state index in [0.29, 0.717) is 18.6 Å². The van der Waals surface area contributed by atoms with Gasteiger partial charge in [0.1, 0.15) is 11.5 Å². The highest BCUT2D eigenvalue weighted by Gasteiger charge is 2.27. The summed E-state index contributed by atoms with van der Waals surface area (Å²) in [7, 11) is 0. The Morgan fingerprint density at radius 1 is 1.17 bits per heavy atom. The lowest BCUT2D eigenvalue weighted by molar-refractivity contribution is -0.140.